The molecule has 0 bridgehead atoms. The average Bonchev–Trinajstić information content (AvgIpc) is 3.21. The van der Waals surface area contributed by atoms with Crippen molar-refractivity contribution in [2.45, 2.75) is 32.6 Å². The number of carbonyl (C=O) groups excluding carboxylic acids is 1. The van der Waals surface area contributed by atoms with Gasteiger partial charge in [-0.1, -0.05) is 48.5 Å². The van der Waals surface area contributed by atoms with Crippen LogP contribution in [0.2, 0.25) is 0 Å². The van der Waals surface area contributed by atoms with Crippen LogP contribution in [0.1, 0.15) is 47.7 Å². The van der Waals surface area contributed by atoms with Crippen LogP contribution in [0.4, 0.5) is 0 Å². The van der Waals surface area contributed by atoms with Gasteiger partial charge >= 0.3 is 5.97 Å². The van der Waals surface area contributed by atoms with Crippen LogP contribution in [-0.4, -0.2) is 42.1 Å². The second-order valence-corrected chi connectivity index (χ2v) is 7.87. The molecule has 0 aliphatic carbocycles. The Kier molecular flexibility index (Phi) is 6.65. The van der Waals surface area contributed by atoms with Crippen molar-refractivity contribution < 1.29 is 9.53 Å². The number of H-pyrrole nitrogens is 1. The van der Waals surface area contributed by atoms with Crippen molar-refractivity contribution >= 4 is 22.4 Å². The van der Waals surface area contributed by atoms with Gasteiger partial charge in [-0.25, -0.2) is 4.79 Å². The van der Waals surface area contributed by atoms with Gasteiger partial charge in [-0.05, 0) is 61.9 Å². The van der Waals surface area contributed by atoms with Gasteiger partial charge < -0.3 is 9.72 Å². The summed E-state index contributed by atoms with van der Waals surface area (Å²) in [6.07, 6.45) is 8.90. The highest BCUT2D eigenvalue weighted by atomic mass is 16.5. The van der Waals surface area contributed by atoms with Gasteiger partial charge in [0.2, 0.25) is 0 Å². The average molecular weight is 403 g/mol. The van der Waals surface area contributed by atoms with E-state index in [2.05, 4.69) is 52.4 Å². The molecule has 4 rings (SSSR count). The van der Waals surface area contributed by atoms with Crippen LogP contribution in [0.5, 0.6) is 0 Å². The Balaban J connectivity index is 1.28. The molecule has 0 saturated carbocycles. The maximum Gasteiger partial charge on any atom is 0.340 e. The Bertz CT molecular complexity index is 1020. The molecule has 30 heavy (non-hydrogen) atoms. The van der Waals surface area contributed by atoms with Crippen LogP contribution in [0.25, 0.3) is 16.5 Å². The van der Waals surface area contributed by atoms with Crippen LogP contribution in [-0.2, 0) is 11.2 Å². The van der Waals surface area contributed by atoms with Gasteiger partial charge in [0.15, 0.2) is 0 Å². The van der Waals surface area contributed by atoms with Crippen molar-refractivity contribution in [1.29, 1.82) is 0 Å². The number of esters is 1. The minimum atomic E-state index is -0.260. The Hall–Kier alpha value is -2.85. The van der Waals surface area contributed by atoms with E-state index in [1.807, 2.05) is 25.3 Å². The zero-order valence-corrected chi connectivity index (χ0v) is 17.7. The second kappa shape index (κ2) is 9.77. The van der Waals surface area contributed by atoms with E-state index >= 15 is 0 Å². The standard InChI is InChI=1S/C26H30N2O2/c1-2-30-26(29)24-13-8-12-23-22(19-27-25(23)24)11-6-7-16-28-17-14-21(15-18-28)20-9-4-3-5-10-20/h3-5,8-10,12-14,19,27H,2,6-7,11,15-18H2,1H3. The van der Waals surface area contributed by atoms with Crippen molar-refractivity contribution in [3.63, 3.8) is 0 Å². The fourth-order valence-electron chi connectivity index (χ4n) is 4.28. The molecule has 3 aromatic rings. The van der Waals surface area contributed by atoms with Gasteiger partial charge in [-0.15, -0.1) is 0 Å². The molecular formula is C26H30N2O2. The van der Waals surface area contributed by atoms with Gasteiger partial charge in [0.05, 0.1) is 17.7 Å². The Labute approximate surface area is 178 Å². The summed E-state index contributed by atoms with van der Waals surface area (Å²) >= 11 is 0. The van der Waals surface area contributed by atoms with Crippen LogP contribution < -0.4 is 0 Å². The molecule has 0 unspecified atom stereocenters. The monoisotopic (exact) mass is 402 g/mol. The summed E-state index contributed by atoms with van der Waals surface area (Å²) in [6.45, 7) is 5.53. The molecule has 0 atom stereocenters. The van der Waals surface area contributed by atoms with Gasteiger partial charge in [0.25, 0.3) is 0 Å². The number of benzene rings is 2. The number of hydrogen-bond acceptors (Lipinski definition) is 3. The van der Waals surface area contributed by atoms with E-state index in [9.17, 15) is 4.79 Å². The molecule has 0 saturated heterocycles. The largest absolute Gasteiger partial charge is 0.462 e. The minimum Gasteiger partial charge on any atom is -0.462 e. The van der Waals surface area contributed by atoms with Crippen molar-refractivity contribution in [1.82, 2.24) is 9.88 Å². The fourth-order valence-corrected chi connectivity index (χ4v) is 4.28. The van der Waals surface area contributed by atoms with Crippen LogP contribution >= 0.6 is 0 Å². The summed E-state index contributed by atoms with van der Waals surface area (Å²) in [4.78, 5) is 18.0. The van der Waals surface area contributed by atoms with Crippen LogP contribution in [0.15, 0.2) is 60.8 Å². The number of para-hydroxylation sites is 1. The number of hydrogen-bond donors (Lipinski definition) is 1. The molecule has 156 valence electrons. The van der Waals surface area contributed by atoms with Gasteiger partial charge in [-0.2, -0.15) is 0 Å². The first-order chi connectivity index (χ1) is 14.8. The van der Waals surface area contributed by atoms with E-state index < -0.39 is 0 Å². The number of aryl methyl sites for hydroxylation is 1. The number of aromatic nitrogens is 1. The molecular weight excluding hydrogens is 372 g/mol. The molecule has 1 N–H and O–H groups in total. The van der Waals surface area contributed by atoms with Crippen LogP contribution in [0, 0.1) is 0 Å². The number of unbranched alkanes of at least 4 members (excludes halogenated alkanes) is 1. The van der Waals surface area contributed by atoms with E-state index in [1.165, 1.54) is 23.1 Å². The smallest absolute Gasteiger partial charge is 0.340 e. The third-order valence-electron chi connectivity index (χ3n) is 5.90. The molecule has 4 heteroatoms. The highest BCUT2D eigenvalue weighted by Crippen LogP contribution is 2.25. The predicted molar refractivity (Wildman–Crippen MR) is 123 cm³/mol. The van der Waals surface area contributed by atoms with E-state index in [0.717, 1.165) is 49.8 Å². The van der Waals surface area contributed by atoms with Crippen molar-refractivity contribution in [3.05, 3.63) is 77.5 Å². The first-order valence-corrected chi connectivity index (χ1v) is 11.0. The molecule has 0 spiro atoms. The van der Waals surface area contributed by atoms with Crippen LogP contribution in [0.3, 0.4) is 0 Å². The number of ether oxygens (including phenoxy) is 1. The van der Waals surface area contributed by atoms with E-state index in [-0.39, 0.29) is 5.97 Å². The zero-order valence-electron chi connectivity index (χ0n) is 17.7. The Morgan fingerprint density at radius 2 is 1.97 bits per heavy atom. The summed E-state index contributed by atoms with van der Waals surface area (Å²) in [5, 5.41) is 1.13. The number of aromatic amines is 1. The highest BCUT2D eigenvalue weighted by molar-refractivity contribution is 6.03. The summed E-state index contributed by atoms with van der Waals surface area (Å²) in [5.41, 5.74) is 5.62. The maximum absolute atomic E-state index is 12.2. The molecule has 0 radical (unpaired) electrons. The topological polar surface area (TPSA) is 45.3 Å². The quantitative estimate of drug-likeness (QED) is 0.402. The normalized spacial score (nSPS) is 14.6. The summed E-state index contributed by atoms with van der Waals surface area (Å²) in [7, 11) is 0. The Morgan fingerprint density at radius 1 is 1.10 bits per heavy atom. The molecule has 1 aromatic heterocycles. The molecule has 2 aromatic carbocycles. The first-order valence-electron chi connectivity index (χ1n) is 11.0. The molecule has 1 aliphatic rings. The Morgan fingerprint density at radius 3 is 2.73 bits per heavy atom. The second-order valence-electron chi connectivity index (χ2n) is 7.87. The third kappa shape index (κ3) is 4.65. The number of nitrogens with one attached hydrogen (secondary N) is 1. The number of nitrogens with zero attached hydrogens (tertiary/aromatic N) is 1. The summed E-state index contributed by atoms with van der Waals surface area (Å²) in [6, 6.07) is 16.6. The first kappa shape index (κ1) is 20.4. The number of carbonyl (C=O) groups is 1. The van der Waals surface area contributed by atoms with Gasteiger partial charge in [0, 0.05) is 24.7 Å². The van der Waals surface area contributed by atoms with Gasteiger partial charge in [0.1, 0.15) is 0 Å². The molecule has 1 aliphatic heterocycles. The van der Waals surface area contributed by atoms with Crippen molar-refractivity contribution in [2.75, 3.05) is 26.2 Å². The molecule has 0 fully saturated rings. The summed E-state index contributed by atoms with van der Waals surface area (Å²) < 4.78 is 5.18. The molecule has 4 nitrogen and oxygen atoms in total. The SMILES string of the molecule is CCOC(=O)c1cccc2c(CCCCN3CC=C(c4ccccc4)CC3)c[nH]c12. The zero-order chi connectivity index (χ0) is 20.8. The maximum atomic E-state index is 12.2. The lowest BCUT2D eigenvalue weighted by Crippen LogP contribution is -2.29. The predicted octanol–water partition coefficient (Wildman–Crippen LogP) is 5.46. The third-order valence-corrected chi connectivity index (χ3v) is 5.90. The highest BCUT2D eigenvalue weighted by Gasteiger charge is 2.15. The minimum absolute atomic E-state index is 0.260. The van der Waals surface area contributed by atoms with E-state index in [1.54, 1.807) is 0 Å². The van der Waals surface area contributed by atoms with E-state index in [4.69, 9.17) is 4.74 Å². The summed E-state index contributed by atoms with van der Waals surface area (Å²) in [5.74, 6) is -0.260. The molecule has 0 amide bonds. The number of fused-ring (bicyclic) bond motifs is 1. The lowest BCUT2D eigenvalue weighted by molar-refractivity contribution is 0.0528. The van der Waals surface area contributed by atoms with Crippen molar-refractivity contribution in [3.8, 4) is 0 Å². The molecule has 2 heterocycles. The van der Waals surface area contributed by atoms with Gasteiger partial charge in [-0.3, -0.25) is 4.90 Å². The number of rotatable bonds is 8. The van der Waals surface area contributed by atoms with Crippen molar-refractivity contribution in [2.24, 2.45) is 0 Å². The fraction of sp³-hybridized carbons (Fsp3) is 0.346. The lowest BCUT2D eigenvalue weighted by atomic mass is 9.99. The lowest BCUT2D eigenvalue weighted by Gasteiger charge is -2.26. The van der Waals surface area contributed by atoms with E-state index in [0.29, 0.717) is 12.2 Å².